The van der Waals surface area contributed by atoms with E-state index in [0.29, 0.717) is 0 Å². The predicted octanol–water partition coefficient (Wildman–Crippen LogP) is 2.96. The Bertz CT molecular complexity index is 365. The molecule has 0 N–H and O–H groups in total. The van der Waals surface area contributed by atoms with Gasteiger partial charge < -0.3 is 4.74 Å². The molecule has 80 valence electrons. The van der Waals surface area contributed by atoms with E-state index in [0.717, 1.165) is 5.56 Å². The summed E-state index contributed by atoms with van der Waals surface area (Å²) in [5, 5.41) is 0. The van der Waals surface area contributed by atoms with Crippen LogP contribution in [0.3, 0.4) is 0 Å². The fourth-order valence-corrected chi connectivity index (χ4v) is 1.40. The number of hydrogen-bond donors (Lipinski definition) is 0. The molecular weight excluding hydrogens is 188 g/mol. The van der Waals surface area contributed by atoms with Crippen molar-refractivity contribution >= 4 is 5.97 Å². The average Bonchev–Trinajstić information content (AvgIpc) is 2.17. The smallest absolute Gasteiger partial charge is 0.303 e. The second-order valence-electron chi connectivity index (χ2n) is 3.77. The van der Waals surface area contributed by atoms with Crippen molar-refractivity contribution in [1.29, 1.82) is 0 Å². The minimum Gasteiger partial charge on any atom is -0.450 e. The minimum atomic E-state index is -0.737. The quantitative estimate of drug-likeness (QED) is 0.559. The first-order chi connectivity index (χ1) is 6.98. The maximum Gasteiger partial charge on any atom is 0.303 e. The van der Waals surface area contributed by atoms with Crippen LogP contribution in [0.2, 0.25) is 0 Å². The van der Waals surface area contributed by atoms with E-state index in [2.05, 4.69) is 6.58 Å². The fourth-order valence-electron chi connectivity index (χ4n) is 1.40. The molecule has 2 nitrogen and oxygen atoms in total. The second-order valence-corrected chi connectivity index (χ2v) is 3.77. The number of carbonyl (C=O) groups excluding carboxylic acids is 1. The number of rotatable bonds is 3. The van der Waals surface area contributed by atoms with Crippen molar-refractivity contribution in [2.75, 3.05) is 0 Å². The lowest BCUT2D eigenvalue weighted by atomic mass is 9.95. The molecule has 0 unspecified atom stereocenters. The SMILES string of the molecule is C=C[C@](C)(OC(C)=O)c1ccc(C)cc1. The van der Waals surface area contributed by atoms with Crippen LogP contribution in [-0.4, -0.2) is 5.97 Å². The topological polar surface area (TPSA) is 26.3 Å². The molecule has 1 atom stereocenters. The summed E-state index contributed by atoms with van der Waals surface area (Å²) >= 11 is 0. The zero-order chi connectivity index (χ0) is 11.5. The Morgan fingerprint density at radius 1 is 1.40 bits per heavy atom. The Balaban J connectivity index is 3.05. The van der Waals surface area contributed by atoms with E-state index in [1.165, 1.54) is 12.5 Å². The van der Waals surface area contributed by atoms with Crippen LogP contribution in [0.1, 0.15) is 25.0 Å². The highest BCUT2D eigenvalue weighted by Crippen LogP contribution is 2.26. The van der Waals surface area contributed by atoms with Gasteiger partial charge in [-0.2, -0.15) is 0 Å². The van der Waals surface area contributed by atoms with Crippen molar-refractivity contribution in [1.82, 2.24) is 0 Å². The van der Waals surface area contributed by atoms with Gasteiger partial charge in [-0.15, -0.1) is 0 Å². The van der Waals surface area contributed by atoms with Crippen LogP contribution in [0.15, 0.2) is 36.9 Å². The van der Waals surface area contributed by atoms with Crippen LogP contribution in [0, 0.1) is 6.92 Å². The summed E-state index contributed by atoms with van der Waals surface area (Å²) in [5.74, 6) is -0.307. The van der Waals surface area contributed by atoms with Gasteiger partial charge >= 0.3 is 5.97 Å². The number of hydrogen-bond acceptors (Lipinski definition) is 2. The Labute approximate surface area is 90.6 Å². The molecule has 0 aromatic heterocycles. The molecular formula is C13H16O2. The molecule has 0 spiro atoms. The van der Waals surface area contributed by atoms with E-state index in [9.17, 15) is 4.79 Å². The molecule has 0 fully saturated rings. The molecule has 2 heteroatoms. The third-order valence-corrected chi connectivity index (χ3v) is 2.37. The number of aryl methyl sites for hydroxylation is 1. The van der Waals surface area contributed by atoms with Gasteiger partial charge in [0.1, 0.15) is 0 Å². The molecule has 0 bridgehead atoms. The van der Waals surface area contributed by atoms with Crippen molar-refractivity contribution in [3.8, 4) is 0 Å². The summed E-state index contributed by atoms with van der Waals surface area (Å²) in [4.78, 5) is 11.0. The molecule has 0 amide bonds. The first kappa shape index (κ1) is 11.5. The maximum absolute atomic E-state index is 11.0. The largest absolute Gasteiger partial charge is 0.450 e. The maximum atomic E-state index is 11.0. The van der Waals surface area contributed by atoms with Crippen LogP contribution in [0.4, 0.5) is 0 Å². The molecule has 0 aliphatic rings. The number of esters is 1. The Morgan fingerprint density at radius 2 is 1.93 bits per heavy atom. The molecule has 0 aliphatic heterocycles. The first-order valence-corrected chi connectivity index (χ1v) is 4.88. The van der Waals surface area contributed by atoms with Gasteiger partial charge in [-0.05, 0) is 25.5 Å². The predicted molar refractivity (Wildman–Crippen MR) is 60.5 cm³/mol. The zero-order valence-electron chi connectivity index (χ0n) is 9.41. The molecule has 1 aromatic rings. The molecule has 0 aliphatic carbocycles. The molecule has 0 radical (unpaired) electrons. The summed E-state index contributed by atoms with van der Waals surface area (Å²) < 4.78 is 5.26. The van der Waals surface area contributed by atoms with Crippen molar-refractivity contribution < 1.29 is 9.53 Å². The standard InChI is InChI=1S/C13H16O2/c1-5-13(4,15-11(3)14)12-8-6-10(2)7-9-12/h5-9H,1H2,2-4H3/t13-/m0/s1. The van der Waals surface area contributed by atoms with Crippen molar-refractivity contribution in [3.05, 3.63) is 48.0 Å². The molecule has 15 heavy (non-hydrogen) atoms. The molecule has 0 heterocycles. The van der Waals surface area contributed by atoms with E-state index >= 15 is 0 Å². The van der Waals surface area contributed by atoms with E-state index < -0.39 is 5.60 Å². The number of benzene rings is 1. The summed E-state index contributed by atoms with van der Waals surface area (Å²) in [5.41, 5.74) is 1.37. The Hall–Kier alpha value is -1.57. The van der Waals surface area contributed by atoms with Crippen LogP contribution in [0.5, 0.6) is 0 Å². The third-order valence-electron chi connectivity index (χ3n) is 2.37. The minimum absolute atomic E-state index is 0.307. The number of ether oxygens (including phenoxy) is 1. The van der Waals surface area contributed by atoms with Crippen LogP contribution >= 0.6 is 0 Å². The highest BCUT2D eigenvalue weighted by molar-refractivity contribution is 5.67. The summed E-state index contributed by atoms with van der Waals surface area (Å²) in [6.45, 7) is 8.95. The van der Waals surface area contributed by atoms with E-state index in [4.69, 9.17) is 4.74 Å². The molecule has 1 rings (SSSR count). The van der Waals surface area contributed by atoms with Gasteiger partial charge in [-0.25, -0.2) is 0 Å². The van der Waals surface area contributed by atoms with Crippen molar-refractivity contribution in [2.45, 2.75) is 26.4 Å². The first-order valence-electron chi connectivity index (χ1n) is 4.88. The van der Waals surface area contributed by atoms with Gasteiger partial charge in [-0.1, -0.05) is 36.4 Å². The van der Waals surface area contributed by atoms with Gasteiger partial charge in [0.15, 0.2) is 5.60 Å². The summed E-state index contributed by atoms with van der Waals surface area (Å²) in [6.07, 6.45) is 1.64. The highest BCUT2D eigenvalue weighted by Gasteiger charge is 2.25. The average molecular weight is 204 g/mol. The molecule has 1 aromatic carbocycles. The Kier molecular flexibility index (Phi) is 3.30. The number of carbonyl (C=O) groups is 1. The zero-order valence-corrected chi connectivity index (χ0v) is 9.41. The lowest BCUT2D eigenvalue weighted by Crippen LogP contribution is -2.25. The van der Waals surface area contributed by atoms with Gasteiger partial charge in [0.25, 0.3) is 0 Å². The fraction of sp³-hybridized carbons (Fsp3) is 0.308. The van der Waals surface area contributed by atoms with Gasteiger partial charge in [0, 0.05) is 6.92 Å². The van der Waals surface area contributed by atoms with E-state index in [-0.39, 0.29) is 5.97 Å². The Morgan fingerprint density at radius 3 is 2.33 bits per heavy atom. The van der Waals surface area contributed by atoms with Gasteiger partial charge in [0.2, 0.25) is 0 Å². The van der Waals surface area contributed by atoms with Crippen LogP contribution < -0.4 is 0 Å². The van der Waals surface area contributed by atoms with E-state index in [1.54, 1.807) is 6.08 Å². The summed E-state index contributed by atoms with van der Waals surface area (Å²) in [7, 11) is 0. The summed E-state index contributed by atoms with van der Waals surface area (Å²) in [6, 6.07) is 7.86. The molecule has 0 saturated carbocycles. The van der Waals surface area contributed by atoms with Gasteiger partial charge in [0.05, 0.1) is 0 Å². The van der Waals surface area contributed by atoms with Gasteiger partial charge in [-0.3, -0.25) is 4.79 Å². The normalized spacial score (nSPS) is 14.1. The van der Waals surface area contributed by atoms with Crippen molar-refractivity contribution in [2.24, 2.45) is 0 Å². The monoisotopic (exact) mass is 204 g/mol. The molecule has 0 saturated heterocycles. The van der Waals surface area contributed by atoms with Crippen LogP contribution in [0.25, 0.3) is 0 Å². The lowest BCUT2D eigenvalue weighted by Gasteiger charge is -2.26. The van der Waals surface area contributed by atoms with Crippen LogP contribution in [-0.2, 0) is 15.1 Å². The lowest BCUT2D eigenvalue weighted by molar-refractivity contribution is -0.151. The highest BCUT2D eigenvalue weighted by atomic mass is 16.6. The second kappa shape index (κ2) is 4.30. The van der Waals surface area contributed by atoms with E-state index in [1.807, 2.05) is 38.1 Å². The van der Waals surface area contributed by atoms with Crippen molar-refractivity contribution in [3.63, 3.8) is 0 Å². The third kappa shape index (κ3) is 2.69.